The van der Waals surface area contributed by atoms with Crippen molar-refractivity contribution in [2.75, 3.05) is 11.9 Å². The van der Waals surface area contributed by atoms with Gasteiger partial charge < -0.3 is 10.0 Å². The van der Waals surface area contributed by atoms with Crippen molar-refractivity contribution in [1.82, 2.24) is 0 Å². The molecular formula is C14H20N2O4. The minimum atomic E-state index is -1.29. The van der Waals surface area contributed by atoms with Gasteiger partial charge in [0, 0.05) is 24.8 Å². The van der Waals surface area contributed by atoms with Crippen molar-refractivity contribution in [3.8, 4) is 0 Å². The lowest BCUT2D eigenvalue weighted by molar-refractivity contribution is -0.385. The molecule has 1 aromatic rings. The van der Waals surface area contributed by atoms with Gasteiger partial charge in [0.05, 0.1) is 4.92 Å². The van der Waals surface area contributed by atoms with Crippen molar-refractivity contribution in [3.05, 3.63) is 33.9 Å². The van der Waals surface area contributed by atoms with Gasteiger partial charge in [-0.25, -0.2) is 4.79 Å². The summed E-state index contributed by atoms with van der Waals surface area (Å²) in [5.41, 5.74) is -0.0166. The van der Waals surface area contributed by atoms with Crippen molar-refractivity contribution >= 4 is 17.3 Å². The number of nitro benzene ring substituents is 1. The normalized spacial score (nSPS) is 12.2. The van der Waals surface area contributed by atoms with Gasteiger partial charge in [-0.15, -0.1) is 0 Å². The Balaban J connectivity index is 3.11. The Labute approximate surface area is 118 Å². The van der Waals surface area contributed by atoms with Crippen LogP contribution in [0.3, 0.4) is 0 Å². The van der Waals surface area contributed by atoms with Crippen molar-refractivity contribution in [2.24, 2.45) is 5.92 Å². The van der Waals surface area contributed by atoms with Gasteiger partial charge in [0.15, 0.2) is 0 Å². The number of nitro groups is 1. The Morgan fingerprint density at radius 3 is 2.45 bits per heavy atom. The van der Waals surface area contributed by atoms with Crippen LogP contribution in [-0.4, -0.2) is 29.1 Å². The van der Waals surface area contributed by atoms with E-state index in [1.165, 1.54) is 12.1 Å². The van der Waals surface area contributed by atoms with Crippen LogP contribution in [0.25, 0.3) is 0 Å². The van der Waals surface area contributed by atoms with Gasteiger partial charge in [0.1, 0.15) is 5.56 Å². The molecule has 0 aliphatic heterocycles. The Morgan fingerprint density at radius 1 is 1.40 bits per heavy atom. The summed E-state index contributed by atoms with van der Waals surface area (Å²) in [6.07, 6.45) is 0.949. The molecule has 0 saturated carbocycles. The number of carbonyl (C=O) groups is 1. The Hall–Kier alpha value is -2.11. The van der Waals surface area contributed by atoms with E-state index in [1.807, 2.05) is 18.9 Å². The average Bonchev–Trinajstić information content (AvgIpc) is 2.36. The van der Waals surface area contributed by atoms with Crippen LogP contribution in [0.4, 0.5) is 11.4 Å². The number of rotatable bonds is 6. The standard InChI is InChI=1S/C14H20N2O4/c1-9(2)7-10(3)15(4)11-5-6-12(14(17)18)13(8-11)16(19)20/h5-6,8-10H,7H2,1-4H3,(H,17,18). The number of benzene rings is 1. The molecule has 1 rings (SSSR count). The molecule has 6 nitrogen and oxygen atoms in total. The largest absolute Gasteiger partial charge is 0.477 e. The molecule has 1 N–H and O–H groups in total. The maximum absolute atomic E-state index is 11.0. The van der Waals surface area contributed by atoms with Crippen LogP contribution in [0.5, 0.6) is 0 Å². The summed E-state index contributed by atoms with van der Waals surface area (Å²) in [6, 6.07) is 4.42. The van der Waals surface area contributed by atoms with Crippen LogP contribution >= 0.6 is 0 Å². The summed E-state index contributed by atoms with van der Waals surface area (Å²) in [5.74, 6) is -0.776. The van der Waals surface area contributed by atoms with Gasteiger partial charge in [-0.2, -0.15) is 0 Å². The van der Waals surface area contributed by atoms with Gasteiger partial charge >= 0.3 is 5.97 Å². The second-order valence-corrected chi connectivity index (χ2v) is 5.35. The smallest absolute Gasteiger partial charge is 0.342 e. The van der Waals surface area contributed by atoms with Gasteiger partial charge in [-0.3, -0.25) is 10.1 Å². The molecule has 0 spiro atoms. The topological polar surface area (TPSA) is 83.7 Å². The highest BCUT2D eigenvalue weighted by molar-refractivity contribution is 5.93. The van der Waals surface area contributed by atoms with Crippen LogP contribution < -0.4 is 4.90 Å². The van der Waals surface area contributed by atoms with E-state index >= 15 is 0 Å². The molecule has 0 radical (unpaired) electrons. The molecule has 0 heterocycles. The van der Waals surface area contributed by atoms with E-state index in [9.17, 15) is 14.9 Å². The second kappa shape index (κ2) is 6.36. The van der Waals surface area contributed by atoms with Crippen LogP contribution in [0.15, 0.2) is 18.2 Å². The SMILES string of the molecule is CC(C)CC(C)N(C)c1ccc(C(=O)O)c([N+](=O)[O-])c1. The number of nitrogens with zero attached hydrogens (tertiary/aromatic N) is 2. The van der Waals surface area contributed by atoms with Gasteiger partial charge in [0.25, 0.3) is 5.69 Å². The van der Waals surface area contributed by atoms with E-state index in [2.05, 4.69) is 13.8 Å². The lowest BCUT2D eigenvalue weighted by Crippen LogP contribution is -2.30. The minimum Gasteiger partial charge on any atom is -0.477 e. The lowest BCUT2D eigenvalue weighted by atomic mass is 10.0. The summed E-state index contributed by atoms with van der Waals surface area (Å²) >= 11 is 0. The molecule has 0 bridgehead atoms. The zero-order chi connectivity index (χ0) is 15.4. The third-order valence-corrected chi connectivity index (χ3v) is 3.29. The van der Waals surface area contributed by atoms with Gasteiger partial charge in [0.2, 0.25) is 0 Å². The molecule has 0 saturated heterocycles. The highest BCUT2D eigenvalue weighted by Crippen LogP contribution is 2.27. The average molecular weight is 280 g/mol. The number of anilines is 1. The van der Waals surface area contributed by atoms with E-state index < -0.39 is 10.9 Å². The molecule has 1 unspecified atom stereocenters. The van der Waals surface area contributed by atoms with Crippen molar-refractivity contribution in [1.29, 1.82) is 0 Å². The van der Waals surface area contributed by atoms with Crippen LogP contribution in [0.2, 0.25) is 0 Å². The van der Waals surface area contributed by atoms with E-state index in [0.717, 1.165) is 6.42 Å². The quantitative estimate of drug-likeness (QED) is 0.639. The summed E-state index contributed by atoms with van der Waals surface area (Å²) in [6.45, 7) is 6.26. The van der Waals surface area contributed by atoms with Gasteiger partial charge in [-0.05, 0) is 31.4 Å². The maximum atomic E-state index is 11.0. The molecule has 110 valence electrons. The predicted molar refractivity (Wildman–Crippen MR) is 77.4 cm³/mol. The Morgan fingerprint density at radius 2 is 2.00 bits per heavy atom. The maximum Gasteiger partial charge on any atom is 0.342 e. The first kappa shape index (κ1) is 15.9. The van der Waals surface area contributed by atoms with Crippen LogP contribution in [-0.2, 0) is 0 Å². The Bertz CT molecular complexity index is 514. The Kier molecular flexibility index (Phi) is 5.07. The summed E-state index contributed by atoms with van der Waals surface area (Å²) < 4.78 is 0. The first-order valence-electron chi connectivity index (χ1n) is 6.48. The third kappa shape index (κ3) is 3.69. The highest BCUT2D eigenvalue weighted by atomic mass is 16.6. The molecule has 0 amide bonds. The number of hydrogen-bond acceptors (Lipinski definition) is 4. The van der Waals surface area contributed by atoms with Crippen LogP contribution in [0.1, 0.15) is 37.6 Å². The molecule has 1 atom stereocenters. The summed E-state index contributed by atoms with van der Waals surface area (Å²) in [5, 5.41) is 19.9. The van der Waals surface area contributed by atoms with Gasteiger partial charge in [-0.1, -0.05) is 13.8 Å². The van der Waals surface area contributed by atoms with E-state index in [4.69, 9.17) is 5.11 Å². The fraction of sp³-hybridized carbons (Fsp3) is 0.500. The molecular weight excluding hydrogens is 260 g/mol. The fourth-order valence-corrected chi connectivity index (χ4v) is 2.17. The molecule has 0 aromatic heterocycles. The minimum absolute atomic E-state index is 0.213. The van der Waals surface area contributed by atoms with Crippen molar-refractivity contribution in [2.45, 2.75) is 33.2 Å². The summed E-state index contributed by atoms with van der Waals surface area (Å²) in [4.78, 5) is 23.2. The monoisotopic (exact) mass is 280 g/mol. The molecule has 0 aliphatic rings. The van der Waals surface area contributed by atoms with E-state index in [0.29, 0.717) is 11.6 Å². The number of carboxylic acid groups (broad SMARTS) is 1. The third-order valence-electron chi connectivity index (χ3n) is 3.29. The second-order valence-electron chi connectivity index (χ2n) is 5.35. The van der Waals surface area contributed by atoms with E-state index in [1.54, 1.807) is 6.07 Å². The fourth-order valence-electron chi connectivity index (χ4n) is 2.17. The molecule has 0 fully saturated rings. The molecule has 6 heteroatoms. The lowest BCUT2D eigenvalue weighted by Gasteiger charge is -2.28. The van der Waals surface area contributed by atoms with Crippen LogP contribution in [0, 0.1) is 16.0 Å². The number of hydrogen-bond donors (Lipinski definition) is 1. The number of carboxylic acids is 1. The first-order valence-corrected chi connectivity index (χ1v) is 6.48. The van der Waals surface area contributed by atoms with E-state index in [-0.39, 0.29) is 17.3 Å². The zero-order valence-electron chi connectivity index (χ0n) is 12.2. The van der Waals surface area contributed by atoms with Crippen molar-refractivity contribution < 1.29 is 14.8 Å². The first-order chi connectivity index (χ1) is 9.23. The molecule has 1 aromatic carbocycles. The van der Waals surface area contributed by atoms with Crippen molar-refractivity contribution in [3.63, 3.8) is 0 Å². The number of aromatic carboxylic acids is 1. The molecule has 20 heavy (non-hydrogen) atoms. The molecule has 0 aliphatic carbocycles. The predicted octanol–water partition coefficient (Wildman–Crippen LogP) is 3.16. The summed E-state index contributed by atoms with van der Waals surface area (Å²) in [7, 11) is 1.85. The highest BCUT2D eigenvalue weighted by Gasteiger charge is 2.22. The zero-order valence-corrected chi connectivity index (χ0v) is 12.2.